The van der Waals surface area contributed by atoms with Crippen LogP contribution in [0.1, 0.15) is 51.0 Å². The number of nitrogens with zero attached hydrogens (tertiary/aromatic N) is 3. The van der Waals surface area contributed by atoms with Gasteiger partial charge in [0, 0.05) is 41.4 Å². The summed E-state index contributed by atoms with van der Waals surface area (Å²) in [5, 5.41) is 11.0. The van der Waals surface area contributed by atoms with Gasteiger partial charge in [-0.3, -0.25) is 14.0 Å². The fourth-order valence-electron chi connectivity index (χ4n) is 8.49. The quantitative estimate of drug-likeness (QED) is 0.149. The molecule has 5 atom stereocenters. The van der Waals surface area contributed by atoms with Crippen molar-refractivity contribution >= 4 is 10.1 Å². The molecule has 1 fully saturated rings. The monoisotopic (exact) mass is 717 g/mol. The molecule has 7 rings (SSSR count). The molecule has 0 saturated carbocycles. The Morgan fingerprint density at radius 3 is 2.43 bits per heavy atom. The second kappa shape index (κ2) is 13.7. The zero-order valence-corrected chi connectivity index (χ0v) is 30.5. The van der Waals surface area contributed by atoms with E-state index in [1.54, 1.807) is 32.4 Å². The van der Waals surface area contributed by atoms with Crippen molar-refractivity contribution in [3.63, 3.8) is 0 Å². The molecular weight excluding hydrogens is 674 g/mol. The lowest BCUT2D eigenvalue weighted by Gasteiger charge is -2.60. The third kappa shape index (κ3) is 5.70. The molecule has 4 aliphatic rings. The van der Waals surface area contributed by atoms with Crippen LogP contribution in [0.25, 0.3) is 0 Å². The standard InChI is InChI=1S/C38H43N3O9S/c1-8-13-46-35-23(4)36-38(49-20-48-36)32-26(35)16-28-33-31-24(14-22(3)34(45-7)37(31)47-19-44-6)15-27(40(33)5)29(17-39)41(28)30(32)18-50-51(42,43)25-11-9-21(2)10-12-25/h8-12,14,27-30,33H,1,13,15-16,18-20H2,2-7H3/t27-,28-,29-,30-,33+/m0/s1. The number of ether oxygens (including phenoxy) is 6. The van der Waals surface area contributed by atoms with Gasteiger partial charge >= 0.3 is 0 Å². The Morgan fingerprint density at radius 1 is 1.00 bits per heavy atom. The van der Waals surface area contributed by atoms with E-state index >= 15 is 0 Å². The summed E-state index contributed by atoms with van der Waals surface area (Å²) in [5.74, 6) is 2.86. The minimum atomic E-state index is -4.18. The first-order valence-electron chi connectivity index (χ1n) is 16.9. The third-order valence-electron chi connectivity index (χ3n) is 10.6. The lowest BCUT2D eigenvalue weighted by molar-refractivity contribution is -0.0809. The van der Waals surface area contributed by atoms with Crippen LogP contribution in [0.3, 0.4) is 0 Å². The zero-order valence-electron chi connectivity index (χ0n) is 29.7. The SMILES string of the molecule is C=CCOc1c(C)c2c(c3c1C[C@H]1[C@@H]4c5c(cc(C)c(OC)c5OCOC)C[C@@H]([C@H](C#N)N1[C@H]3COS(=O)(=O)c1ccc(C)cc1)N4C)OCO2. The molecule has 0 spiro atoms. The van der Waals surface area contributed by atoms with Crippen molar-refractivity contribution in [3.05, 3.63) is 81.9 Å². The lowest BCUT2D eigenvalue weighted by atomic mass is 9.71. The topological polar surface area (TPSA) is 129 Å². The maximum absolute atomic E-state index is 13.7. The van der Waals surface area contributed by atoms with Crippen molar-refractivity contribution < 1.29 is 41.0 Å². The number of fused-ring (bicyclic) bond motifs is 9. The van der Waals surface area contributed by atoms with Gasteiger partial charge in [0.25, 0.3) is 10.1 Å². The van der Waals surface area contributed by atoms with Gasteiger partial charge in [-0.15, -0.1) is 0 Å². The predicted octanol–water partition coefficient (Wildman–Crippen LogP) is 5.07. The van der Waals surface area contributed by atoms with Crippen molar-refractivity contribution in [2.45, 2.75) is 68.7 Å². The van der Waals surface area contributed by atoms with E-state index in [1.165, 1.54) is 12.1 Å². The van der Waals surface area contributed by atoms with Crippen LogP contribution in [-0.2, 0) is 31.9 Å². The molecule has 13 heteroatoms. The van der Waals surface area contributed by atoms with Gasteiger partial charge in [-0.25, -0.2) is 0 Å². The Bertz CT molecular complexity index is 2010. The highest BCUT2D eigenvalue weighted by Crippen LogP contribution is 2.58. The van der Waals surface area contributed by atoms with Crippen LogP contribution in [0.2, 0.25) is 0 Å². The van der Waals surface area contributed by atoms with E-state index in [2.05, 4.69) is 28.5 Å². The lowest BCUT2D eigenvalue weighted by Crippen LogP contribution is -2.68. The van der Waals surface area contributed by atoms with Crippen molar-refractivity contribution in [2.75, 3.05) is 48.1 Å². The third-order valence-corrected chi connectivity index (χ3v) is 11.9. The van der Waals surface area contributed by atoms with Crippen molar-refractivity contribution in [1.82, 2.24) is 9.80 Å². The van der Waals surface area contributed by atoms with Crippen LogP contribution in [-0.4, -0.2) is 84.4 Å². The highest BCUT2D eigenvalue weighted by molar-refractivity contribution is 7.86. The molecule has 4 heterocycles. The number of piperazine rings is 1. The second-order valence-corrected chi connectivity index (χ2v) is 15.0. The molecule has 0 aliphatic carbocycles. The number of likely N-dealkylation sites (N-methyl/N-ethyl adjacent to an activating group) is 1. The van der Waals surface area contributed by atoms with E-state index in [0.717, 1.165) is 33.4 Å². The number of rotatable bonds is 11. The Kier molecular flexibility index (Phi) is 9.41. The molecule has 0 unspecified atom stereocenters. The van der Waals surface area contributed by atoms with E-state index in [0.29, 0.717) is 47.2 Å². The van der Waals surface area contributed by atoms with Crippen LogP contribution >= 0.6 is 0 Å². The second-order valence-electron chi connectivity index (χ2n) is 13.4. The Balaban J connectivity index is 1.45. The molecule has 0 amide bonds. The fourth-order valence-corrected chi connectivity index (χ4v) is 9.41. The average Bonchev–Trinajstić information content (AvgIpc) is 3.60. The summed E-state index contributed by atoms with van der Waals surface area (Å²) in [6, 6.07) is 9.00. The average molecular weight is 718 g/mol. The van der Waals surface area contributed by atoms with Gasteiger partial charge in [0.05, 0.1) is 36.8 Å². The smallest absolute Gasteiger partial charge is 0.297 e. The number of benzene rings is 3. The molecule has 270 valence electrons. The van der Waals surface area contributed by atoms with Crippen LogP contribution in [0.4, 0.5) is 0 Å². The molecule has 1 saturated heterocycles. The summed E-state index contributed by atoms with van der Waals surface area (Å²) in [6.45, 7) is 9.62. The van der Waals surface area contributed by atoms with E-state index in [-0.39, 0.29) is 49.8 Å². The van der Waals surface area contributed by atoms with Gasteiger partial charge in [0.15, 0.2) is 29.8 Å². The van der Waals surface area contributed by atoms with E-state index < -0.39 is 22.2 Å². The Labute approximate surface area is 299 Å². The minimum absolute atomic E-state index is 0.00538. The van der Waals surface area contributed by atoms with Gasteiger partial charge in [0.2, 0.25) is 6.79 Å². The van der Waals surface area contributed by atoms with Crippen molar-refractivity contribution in [2.24, 2.45) is 0 Å². The number of hydrogen-bond acceptors (Lipinski definition) is 12. The molecule has 4 aliphatic heterocycles. The van der Waals surface area contributed by atoms with Gasteiger partial charge in [0.1, 0.15) is 18.4 Å². The van der Waals surface area contributed by atoms with Crippen LogP contribution in [0, 0.1) is 32.1 Å². The van der Waals surface area contributed by atoms with Crippen LogP contribution in [0.5, 0.6) is 28.7 Å². The summed E-state index contributed by atoms with van der Waals surface area (Å²) >= 11 is 0. The van der Waals surface area contributed by atoms with Gasteiger partial charge in [-0.2, -0.15) is 13.7 Å². The molecule has 2 bridgehead atoms. The first-order valence-corrected chi connectivity index (χ1v) is 18.3. The highest BCUT2D eigenvalue weighted by atomic mass is 32.2. The normalized spacial score (nSPS) is 23.4. The molecule has 0 N–H and O–H groups in total. The summed E-state index contributed by atoms with van der Waals surface area (Å²) in [6.07, 6.45) is 2.68. The predicted molar refractivity (Wildman–Crippen MR) is 187 cm³/mol. The maximum atomic E-state index is 13.7. The van der Waals surface area contributed by atoms with E-state index in [9.17, 15) is 13.7 Å². The first kappa shape index (κ1) is 35.1. The largest absolute Gasteiger partial charge is 0.493 e. The minimum Gasteiger partial charge on any atom is -0.493 e. The number of hydrogen-bond donors (Lipinski definition) is 0. The van der Waals surface area contributed by atoms with Crippen LogP contribution < -0.4 is 23.7 Å². The summed E-state index contributed by atoms with van der Waals surface area (Å²) in [7, 11) is 1.05. The molecule has 0 radical (unpaired) electrons. The van der Waals surface area contributed by atoms with E-state index in [4.69, 9.17) is 32.6 Å². The number of aryl methyl sites for hydroxylation is 2. The molecule has 12 nitrogen and oxygen atoms in total. The summed E-state index contributed by atoms with van der Waals surface area (Å²) in [5.41, 5.74) is 6.17. The van der Waals surface area contributed by atoms with Crippen molar-refractivity contribution in [3.8, 4) is 34.8 Å². The summed E-state index contributed by atoms with van der Waals surface area (Å²) in [4.78, 5) is 4.43. The Morgan fingerprint density at radius 2 is 1.75 bits per heavy atom. The molecule has 3 aromatic rings. The summed E-state index contributed by atoms with van der Waals surface area (Å²) < 4.78 is 69.5. The van der Waals surface area contributed by atoms with Crippen LogP contribution in [0.15, 0.2) is 47.9 Å². The Hall–Kier alpha value is -4.32. The number of nitriles is 1. The molecule has 3 aromatic carbocycles. The maximum Gasteiger partial charge on any atom is 0.297 e. The van der Waals surface area contributed by atoms with Gasteiger partial charge in [-0.1, -0.05) is 36.4 Å². The molecule has 51 heavy (non-hydrogen) atoms. The fraction of sp³-hybridized carbons (Fsp3) is 0.447. The van der Waals surface area contributed by atoms with Gasteiger partial charge in [-0.05, 0) is 63.9 Å². The highest BCUT2D eigenvalue weighted by Gasteiger charge is 2.57. The first-order chi connectivity index (χ1) is 24.6. The van der Waals surface area contributed by atoms with E-state index in [1.807, 2.05) is 27.8 Å². The van der Waals surface area contributed by atoms with Crippen molar-refractivity contribution in [1.29, 1.82) is 5.26 Å². The zero-order chi connectivity index (χ0) is 36.2. The van der Waals surface area contributed by atoms with Gasteiger partial charge < -0.3 is 28.4 Å². The number of methoxy groups -OCH3 is 2. The molecular formula is C38H43N3O9S. The molecule has 0 aromatic heterocycles.